The zero-order valence-corrected chi connectivity index (χ0v) is 9.59. The highest BCUT2D eigenvalue weighted by molar-refractivity contribution is 5.10. The molecule has 0 spiro atoms. The van der Waals surface area contributed by atoms with Crippen molar-refractivity contribution < 1.29 is 9.84 Å². The number of ether oxygens (including phenoxy) is 1. The van der Waals surface area contributed by atoms with Gasteiger partial charge in [0.05, 0.1) is 12.3 Å². The van der Waals surface area contributed by atoms with E-state index in [9.17, 15) is 5.11 Å². The Morgan fingerprint density at radius 3 is 3.06 bits per heavy atom. The van der Waals surface area contributed by atoms with Gasteiger partial charge in [-0.3, -0.25) is 4.68 Å². The molecular formula is C11H19N3O2. The Kier molecular flexibility index (Phi) is 3.28. The molecule has 0 amide bonds. The average Bonchev–Trinajstić information content (AvgIpc) is 2.75. The summed E-state index contributed by atoms with van der Waals surface area (Å²) in [5.74, 6) is 0. The maximum absolute atomic E-state index is 10.4. The zero-order valence-electron chi connectivity index (χ0n) is 9.59. The number of nitrogens with zero attached hydrogens (tertiary/aromatic N) is 2. The number of aliphatic hydroxyl groups excluding tert-OH is 1. The maximum atomic E-state index is 10.4. The van der Waals surface area contributed by atoms with E-state index in [-0.39, 0.29) is 5.41 Å². The second-order valence-electron chi connectivity index (χ2n) is 4.50. The largest absolute Gasteiger partial charge is 0.386 e. The molecular weight excluding hydrogens is 206 g/mol. The highest BCUT2D eigenvalue weighted by Gasteiger charge is 2.40. The quantitative estimate of drug-likeness (QED) is 0.771. The van der Waals surface area contributed by atoms with E-state index in [1.54, 1.807) is 10.9 Å². The van der Waals surface area contributed by atoms with Gasteiger partial charge in [-0.15, -0.1) is 0 Å². The highest BCUT2D eigenvalue weighted by atomic mass is 16.5. The van der Waals surface area contributed by atoms with Gasteiger partial charge in [-0.2, -0.15) is 5.10 Å². The second kappa shape index (κ2) is 4.53. The molecule has 3 N–H and O–H groups in total. The summed E-state index contributed by atoms with van der Waals surface area (Å²) in [4.78, 5) is 0. The maximum Gasteiger partial charge on any atom is 0.105 e. The SMILES string of the molecule is Cn1nccc1C(O)C1(CN)CCCOC1. The van der Waals surface area contributed by atoms with E-state index < -0.39 is 6.10 Å². The molecule has 5 heteroatoms. The summed E-state index contributed by atoms with van der Waals surface area (Å²) in [6, 6.07) is 1.83. The van der Waals surface area contributed by atoms with Crippen LogP contribution in [0.4, 0.5) is 0 Å². The fourth-order valence-corrected chi connectivity index (χ4v) is 2.33. The van der Waals surface area contributed by atoms with E-state index >= 15 is 0 Å². The van der Waals surface area contributed by atoms with Gasteiger partial charge in [-0.25, -0.2) is 0 Å². The van der Waals surface area contributed by atoms with Gasteiger partial charge in [0, 0.05) is 31.8 Å². The summed E-state index contributed by atoms with van der Waals surface area (Å²) >= 11 is 0. The van der Waals surface area contributed by atoms with Crippen LogP contribution < -0.4 is 5.73 Å². The Hall–Kier alpha value is -0.910. The molecule has 1 aliphatic rings. The first-order valence-electron chi connectivity index (χ1n) is 5.63. The third-order valence-corrected chi connectivity index (χ3v) is 3.48. The molecule has 5 nitrogen and oxygen atoms in total. The van der Waals surface area contributed by atoms with E-state index in [2.05, 4.69) is 5.10 Å². The summed E-state index contributed by atoms with van der Waals surface area (Å²) < 4.78 is 7.16. The number of nitrogens with two attached hydrogens (primary N) is 1. The molecule has 0 aliphatic carbocycles. The smallest absolute Gasteiger partial charge is 0.105 e. The Balaban J connectivity index is 2.24. The van der Waals surface area contributed by atoms with Gasteiger partial charge in [-0.05, 0) is 18.9 Å². The molecule has 1 aromatic heterocycles. The lowest BCUT2D eigenvalue weighted by Crippen LogP contribution is -2.44. The fourth-order valence-electron chi connectivity index (χ4n) is 2.33. The van der Waals surface area contributed by atoms with Gasteiger partial charge in [0.1, 0.15) is 6.10 Å². The van der Waals surface area contributed by atoms with Crippen molar-refractivity contribution in [1.82, 2.24) is 9.78 Å². The van der Waals surface area contributed by atoms with Crippen molar-refractivity contribution in [3.8, 4) is 0 Å². The molecule has 1 saturated heterocycles. The normalized spacial score (nSPS) is 27.9. The summed E-state index contributed by atoms with van der Waals surface area (Å²) in [5, 5.41) is 14.5. The Morgan fingerprint density at radius 1 is 1.75 bits per heavy atom. The molecule has 2 atom stereocenters. The van der Waals surface area contributed by atoms with Gasteiger partial charge in [-0.1, -0.05) is 0 Å². The number of hydrogen-bond acceptors (Lipinski definition) is 4. The van der Waals surface area contributed by atoms with Crippen molar-refractivity contribution >= 4 is 0 Å². The number of hydrogen-bond donors (Lipinski definition) is 2. The molecule has 0 saturated carbocycles. The number of rotatable bonds is 3. The van der Waals surface area contributed by atoms with Gasteiger partial charge in [0.2, 0.25) is 0 Å². The van der Waals surface area contributed by atoms with Gasteiger partial charge in [0.25, 0.3) is 0 Å². The standard InChI is InChI=1S/C11H19N3O2/c1-14-9(3-5-13-14)10(15)11(7-12)4-2-6-16-8-11/h3,5,10,15H,2,4,6-8,12H2,1H3. The van der Waals surface area contributed by atoms with Crippen LogP contribution in [0.2, 0.25) is 0 Å². The first-order chi connectivity index (χ1) is 7.69. The molecule has 0 bridgehead atoms. The molecule has 2 rings (SSSR count). The van der Waals surface area contributed by atoms with Crippen LogP contribution in [-0.2, 0) is 11.8 Å². The molecule has 1 aromatic rings. The molecule has 2 unspecified atom stereocenters. The summed E-state index contributed by atoms with van der Waals surface area (Å²) in [6.45, 7) is 1.72. The van der Waals surface area contributed by atoms with Gasteiger partial charge >= 0.3 is 0 Å². The van der Waals surface area contributed by atoms with Crippen LogP contribution in [0.5, 0.6) is 0 Å². The topological polar surface area (TPSA) is 73.3 Å². The molecule has 1 aliphatic heterocycles. The molecule has 0 aromatic carbocycles. The molecule has 2 heterocycles. The van der Waals surface area contributed by atoms with Crippen LogP contribution in [0.15, 0.2) is 12.3 Å². The monoisotopic (exact) mass is 225 g/mol. The van der Waals surface area contributed by atoms with E-state index in [0.29, 0.717) is 13.2 Å². The van der Waals surface area contributed by atoms with Crippen molar-refractivity contribution in [2.75, 3.05) is 19.8 Å². The van der Waals surface area contributed by atoms with Gasteiger partial charge in [0.15, 0.2) is 0 Å². The van der Waals surface area contributed by atoms with E-state index in [1.807, 2.05) is 13.1 Å². The van der Waals surface area contributed by atoms with Crippen molar-refractivity contribution in [3.05, 3.63) is 18.0 Å². The lowest BCUT2D eigenvalue weighted by atomic mass is 9.76. The number of aromatic nitrogens is 2. The van der Waals surface area contributed by atoms with Crippen LogP contribution in [0, 0.1) is 5.41 Å². The minimum Gasteiger partial charge on any atom is -0.386 e. The lowest BCUT2D eigenvalue weighted by molar-refractivity contribution is -0.0808. The Morgan fingerprint density at radius 2 is 2.56 bits per heavy atom. The number of aliphatic hydroxyl groups is 1. The molecule has 0 radical (unpaired) electrons. The Bertz CT molecular complexity index is 345. The fraction of sp³-hybridized carbons (Fsp3) is 0.727. The van der Waals surface area contributed by atoms with E-state index in [1.165, 1.54) is 0 Å². The van der Waals surface area contributed by atoms with E-state index in [4.69, 9.17) is 10.5 Å². The minimum absolute atomic E-state index is 0.355. The number of aryl methyl sites for hydroxylation is 1. The van der Waals surface area contributed by atoms with E-state index in [0.717, 1.165) is 25.1 Å². The van der Waals surface area contributed by atoms with Crippen LogP contribution in [0.1, 0.15) is 24.6 Å². The van der Waals surface area contributed by atoms with Crippen LogP contribution >= 0.6 is 0 Å². The van der Waals surface area contributed by atoms with Crippen molar-refractivity contribution in [2.45, 2.75) is 18.9 Å². The van der Waals surface area contributed by atoms with Crippen molar-refractivity contribution in [2.24, 2.45) is 18.2 Å². The zero-order chi connectivity index (χ0) is 11.6. The predicted molar refractivity (Wildman–Crippen MR) is 59.7 cm³/mol. The summed E-state index contributed by atoms with van der Waals surface area (Å²) in [7, 11) is 1.83. The summed E-state index contributed by atoms with van der Waals surface area (Å²) in [5.41, 5.74) is 6.27. The van der Waals surface area contributed by atoms with Gasteiger partial charge < -0.3 is 15.6 Å². The van der Waals surface area contributed by atoms with Crippen LogP contribution in [0.3, 0.4) is 0 Å². The first kappa shape index (κ1) is 11.6. The van der Waals surface area contributed by atoms with Crippen molar-refractivity contribution in [3.63, 3.8) is 0 Å². The average molecular weight is 225 g/mol. The van der Waals surface area contributed by atoms with Crippen LogP contribution in [0.25, 0.3) is 0 Å². The minimum atomic E-state index is -0.606. The molecule has 16 heavy (non-hydrogen) atoms. The predicted octanol–water partition coefficient (Wildman–Crippen LogP) is 0.209. The van der Waals surface area contributed by atoms with Crippen molar-refractivity contribution in [1.29, 1.82) is 0 Å². The molecule has 1 fully saturated rings. The third kappa shape index (κ3) is 1.86. The Labute approximate surface area is 95.2 Å². The lowest BCUT2D eigenvalue weighted by Gasteiger charge is -2.39. The van der Waals surface area contributed by atoms with Crippen LogP contribution in [-0.4, -0.2) is 34.6 Å². The first-order valence-corrected chi connectivity index (χ1v) is 5.63. The second-order valence-corrected chi connectivity index (χ2v) is 4.50. The summed E-state index contributed by atoms with van der Waals surface area (Å²) in [6.07, 6.45) is 2.93. The highest BCUT2D eigenvalue weighted by Crippen LogP contribution is 2.39. The third-order valence-electron chi connectivity index (χ3n) is 3.48. The molecule has 90 valence electrons.